The Kier molecular flexibility index (Phi) is 3.01. The lowest BCUT2D eigenvalue weighted by atomic mass is 10.0. The third-order valence-corrected chi connectivity index (χ3v) is 4.09. The van der Waals surface area contributed by atoms with Gasteiger partial charge in [0.2, 0.25) is 0 Å². The van der Waals surface area contributed by atoms with Crippen LogP contribution < -0.4 is 4.90 Å². The maximum absolute atomic E-state index is 4.66. The molecule has 0 amide bonds. The second-order valence-electron chi connectivity index (χ2n) is 4.42. The quantitative estimate of drug-likeness (QED) is 0.798. The number of piperidine rings is 1. The standard InChI is InChI=1S/C12H15BrN4/c13-9-10-3-1-2-7-16(10)11-5-8-17-12(15-11)4-6-14-17/h4-6,8,10H,1-3,7,9H2. The highest BCUT2D eigenvalue weighted by atomic mass is 79.9. The molecule has 1 fully saturated rings. The monoisotopic (exact) mass is 294 g/mol. The molecule has 0 radical (unpaired) electrons. The maximum Gasteiger partial charge on any atom is 0.157 e. The van der Waals surface area contributed by atoms with Gasteiger partial charge in [0, 0.05) is 30.2 Å². The molecule has 3 rings (SSSR count). The number of aromatic nitrogens is 3. The molecule has 1 unspecified atom stereocenters. The van der Waals surface area contributed by atoms with Gasteiger partial charge in [-0.2, -0.15) is 5.10 Å². The van der Waals surface area contributed by atoms with E-state index in [1.54, 1.807) is 10.7 Å². The fraction of sp³-hybridized carbons (Fsp3) is 0.500. The van der Waals surface area contributed by atoms with Crippen LogP contribution in [0.15, 0.2) is 24.5 Å². The van der Waals surface area contributed by atoms with Gasteiger partial charge in [-0.05, 0) is 25.3 Å². The van der Waals surface area contributed by atoms with Gasteiger partial charge in [-0.15, -0.1) is 0 Å². The molecule has 0 saturated carbocycles. The van der Waals surface area contributed by atoms with Crippen LogP contribution in [-0.4, -0.2) is 32.5 Å². The van der Waals surface area contributed by atoms with Crippen LogP contribution >= 0.6 is 15.9 Å². The Morgan fingerprint density at radius 2 is 2.29 bits per heavy atom. The van der Waals surface area contributed by atoms with E-state index in [0.717, 1.165) is 23.3 Å². The van der Waals surface area contributed by atoms with Gasteiger partial charge in [0.25, 0.3) is 0 Å². The minimum atomic E-state index is 0.571. The molecule has 0 N–H and O–H groups in total. The van der Waals surface area contributed by atoms with Crippen LogP contribution in [0.4, 0.5) is 5.82 Å². The van der Waals surface area contributed by atoms with Gasteiger partial charge in [-0.3, -0.25) is 0 Å². The van der Waals surface area contributed by atoms with Gasteiger partial charge in [0.05, 0.1) is 6.20 Å². The first-order valence-electron chi connectivity index (χ1n) is 6.01. The summed E-state index contributed by atoms with van der Waals surface area (Å²) in [6.07, 6.45) is 7.59. The second-order valence-corrected chi connectivity index (χ2v) is 5.06. The minimum Gasteiger partial charge on any atom is -0.353 e. The number of anilines is 1. The zero-order valence-corrected chi connectivity index (χ0v) is 11.2. The summed E-state index contributed by atoms with van der Waals surface area (Å²) in [7, 11) is 0. The third kappa shape index (κ3) is 2.04. The van der Waals surface area contributed by atoms with Crippen molar-refractivity contribution >= 4 is 27.4 Å². The number of hydrogen-bond donors (Lipinski definition) is 0. The molecule has 0 spiro atoms. The van der Waals surface area contributed by atoms with Crippen molar-refractivity contribution in [2.45, 2.75) is 25.3 Å². The Hall–Kier alpha value is -1.10. The van der Waals surface area contributed by atoms with Gasteiger partial charge in [-0.1, -0.05) is 15.9 Å². The average molecular weight is 295 g/mol. The molecule has 4 nitrogen and oxygen atoms in total. The van der Waals surface area contributed by atoms with Crippen molar-refractivity contribution in [3.63, 3.8) is 0 Å². The molecule has 90 valence electrons. The highest BCUT2D eigenvalue weighted by Crippen LogP contribution is 2.24. The second kappa shape index (κ2) is 4.64. The molecule has 2 aromatic rings. The average Bonchev–Trinajstić information content (AvgIpc) is 2.85. The molecule has 1 saturated heterocycles. The van der Waals surface area contributed by atoms with Gasteiger partial charge < -0.3 is 4.90 Å². The van der Waals surface area contributed by atoms with Crippen LogP contribution in [0.5, 0.6) is 0 Å². The number of rotatable bonds is 2. The van der Waals surface area contributed by atoms with E-state index in [-0.39, 0.29) is 0 Å². The number of halogens is 1. The van der Waals surface area contributed by atoms with E-state index in [1.165, 1.54) is 19.3 Å². The first-order chi connectivity index (χ1) is 8.38. The molecule has 0 bridgehead atoms. The summed E-state index contributed by atoms with van der Waals surface area (Å²) in [5, 5.41) is 5.18. The van der Waals surface area contributed by atoms with E-state index in [0.29, 0.717) is 6.04 Å². The highest BCUT2D eigenvalue weighted by Gasteiger charge is 2.22. The topological polar surface area (TPSA) is 33.4 Å². The van der Waals surface area contributed by atoms with Crippen molar-refractivity contribution in [3.8, 4) is 0 Å². The Morgan fingerprint density at radius 1 is 1.35 bits per heavy atom. The summed E-state index contributed by atoms with van der Waals surface area (Å²) in [5.74, 6) is 1.07. The molecule has 1 aliphatic rings. The Balaban J connectivity index is 1.95. The molecule has 0 aliphatic carbocycles. The summed E-state index contributed by atoms with van der Waals surface area (Å²) in [4.78, 5) is 7.07. The number of alkyl halides is 1. The molecule has 3 heterocycles. The Morgan fingerprint density at radius 3 is 3.18 bits per heavy atom. The summed E-state index contributed by atoms with van der Waals surface area (Å²) in [5.41, 5.74) is 0.918. The molecule has 0 aromatic carbocycles. The first kappa shape index (κ1) is 11.0. The minimum absolute atomic E-state index is 0.571. The van der Waals surface area contributed by atoms with Gasteiger partial charge in [0.15, 0.2) is 5.65 Å². The van der Waals surface area contributed by atoms with Crippen LogP contribution in [0, 0.1) is 0 Å². The van der Waals surface area contributed by atoms with E-state index < -0.39 is 0 Å². The predicted octanol–water partition coefficient (Wildman–Crippen LogP) is 2.48. The number of hydrogen-bond acceptors (Lipinski definition) is 3. The SMILES string of the molecule is BrCC1CCCCN1c1ccn2nccc2n1. The lowest BCUT2D eigenvalue weighted by Crippen LogP contribution is -2.41. The number of nitrogens with zero attached hydrogens (tertiary/aromatic N) is 4. The predicted molar refractivity (Wildman–Crippen MR) is 71.8 cm³/mol. The van der Waals surface area contributed by atoms with Gasteiger partial charge in [-0.25, -0.2) is 9.50 Å². The molecule has 5 heteroatoms. The molecule has 17 heavy (non-hydrogen) atoms. The highest BCUT2D eigenvalue weighted by molar-refractivity contribution is 9.09. The van der Waals surface area contributed by atoms with Crippen molar-refractivity contribution in [1.82, 2.24) is 14.6 Å². The van der Waals surface area contributed by atoms with E-state index in [9.17, 15) is 0 Å². The molecule has 2 aromatic heterocycles. The van der Waals surface area contributed by atoms with Crippen LogP contribution in [0.1, 0.15) is 19.3 Å². The van der Waals surface area contributed by atoms with Crippen LogP contribution in [0.25, 0.3) is 5.65 Å². The third-order valence-electron chi connectivity index (χ3n) is 3.34. The lowest BCUT2D eigenvalue weighted by Gasteiger charge is -2.35. The Labute approximate surface area is 109 Å². The molecule has 1 aliphatic heterocycles. The van der Waals surface area contributed by atoms with Crippen LogP contribution in [0.3, 0.4) is 0 Å². The van der Waals surface area contributed by atoms with Crippen LogP contribution in [0.2, 0.25) is 0 Å². The number of fused-ring (bicyclic) bond motifs is 1. The molecular formula is C12H15BrN4. The maximum atomic E-state index is 4.66. The van der Waals surface area contributed by atoms with E-state index >= 15 is 0 Å². The lowest BCUT2D eigenvalue weighted by molar-refractivity contribution is 0.487. The zero-order valence-electron chi connectivity index (χ0n) is 9.59. The summed E-state index contributed by atoms with van der Waals surface area (Å²) in [6, 6.07) is 4.57. The van der Waals surface area contributed by atoms with E-state index in [2.05, 4.69) is 37.0 Å². The fourth-order valence-electron chi connectivity index (χ4n) is 2.43. The van der Waals surface area contributed by atoms with Crippen molar-refractivity contribution in [1.29, 1.82) is 0 Å². The van der Waals surface area contributed by atoms with Crippen molar-refractivity contribution in [2.24, 2.45) is 0 Å². The summed E-state index contributed by atoms with van der Waals surface area (Å²) >= 11 is 3.60. The van der Waals surface area contributed by atoms with Crippen molar-refractivity contribution < 1.29 is 0 Å². The zero-order chi connectivity index (χ0) is 11.7. The smallest absolute Gasteiger partial charge is 0.157 e. The fourth-order valence-corrected chi connectivity index (χ4v) is 3.10. The summed E-state index contributed by atoms with van der Waals surface area (Å²) in [6.45, 7) is 1.10. The van der Waals surface area contributed by atoms with E-state index in [1.807, 2.05) is 12.3 Å². The van der Waals surface area contributed by atoms with E-state index in [4.69, 9.17) is 0 Å². The Bertz CT molecular complexity index is 510. The largest absolute Gasteiger partial charge is 0.353 e. The van der Waals surface area contributed by atoms with Gasteiger partial charge >= 0.3 is 0 Å². The van der Waals surface area contributed by atoms with Crippen molar-refractivity contribution in [2.75, 3.05) is 16.8 Å². The van der Waals surface area contributed by atoms with Gasteiger partial charge in [0.1, 0.15) is 5.82 Å². The molecular weight excluding hydrogens is 280 g/mol. The summed E-state index contributed by atoms with van der Waals surface area (Å²) < 4.78 is 1.80. The van der Waals surface area contributed by atoms with Crippen LogP contribution in [-0.2, 0) is 0 Å². The first-order valence-corrected chi connectivity index (χ1v) is 7.13. The van der Waals surface area contributed by atoms with Crippen molar-refractivity contribution in [3.05, 3.63) is 24.5 Å². The normalized spacial score (nSPS) is 21.0. The molecule has 1 atom stereocenters.